The summed E-state index contributed by atoms with van der Waals surface area (Å²) in [5, 5.41) is 10.3. The lowest BCUT2D eigenvalue weighted by molar-refractivity contribution is -0.388. The Morgan fingerprint density at radius 2 is 1.50 bits per heavy atom. The number of primary amides is 1. The molecule has 5 nitrogen and oxygen atoms in total. The molecule has 86 valence electrons. The van der Waals surface area contributed by atoms with E-state index in [-0.39, 0.29) is 0 Å². The fraction of sp³-hybridized carbons (Fsp3) is 0. The molecule has 0 aliphatic heterocycles. The first-order valence-corrected chi connectivity index (χ1v) is 3.59. The fourth-order valence-corrected chi connectivity index (χ4v) is 1.02. The number of nitrogens with two attached hydrogens (primary N) is 1. The van der Waals surface area contributed by atoms with E-state index in [4.69, 9.17) is 0 Å². The number of nitro benzene ring substituents is 1. The zero-order chi connectivity index (χ0) is 12.6. The van der Waals surface area contributed by atoms with Crippen LogP contribution in [0.5, 0.6) is 0 Å². The van der Waals surface area contributed by atoms with Gasteiger partial charge in [-0.15, -0.1) is 0 Å². The summed E-state index contributed by atoms with van der Waals surface area (Å²) in [5.74, 6) is -11.0. The molecule has 0 unspecified atom stereocenters. The Labute approximate surface area is 84.6 Å². The molecule has 1 rings (SSSR count). The van der Waals surface area contributed by atoms with Crippen LogP contribution in [0.25, 0.3) is 0 Å². The van der Waals surface area contributed by atoms with E-state index in [9.17, 15) is 32.5 Å². The molecule has 1 aromatic rings. The van der Waals surface area contributed by atoms with E-state index in [0.717, 1.165) is 0 Å². The Bertz CT molecular complexity index is 458. The normalized spacial score (nSPS) is 10.2. The van der Waals surface area contributed by atoms with Crippen molar-refractivity contribution in [2.45, 2.75) is 0 Å². The van der Waals surface area contributed by atoms with E-state index in [1.807, 2.05) is 0 Å². The number of nitrogens with zero attached hydrogens (tertiary/aromatic N) is 1. The van der Waals surface area contributed by atoms with Gasteiger partial charge in [-0.2, -0.15) is 4.39 Å². The van der Waals surface area contributed by atoms with Gasteiger partial charge in [-0.1, -0.05) is 0 Å². The quantitative estimate of drug-likeness (QED) is 0.276. The average molecular weight is 238 g/mol. The van der Waals surface area contributed by atoms with Crippen LogP contribution in [0.15, 0.2) is 0 Å². The summed E-state index contributed by atoms with van der Waals surface area (Å²) in [5.41, 5.74) is 1.03. The van der Waals surface area contributed by atoms with Gasteiger partial charge >= 0.3 is 5.69 Å². The summed E-state index contributed by atoms with van der Waals surface area (Å²) in [6, 6.07) is 0. The van der Waals surface area contributed by atoms with Crippen molar-refractivity contribution in [3.8, 4) is 0 Å². The fourth-order valence-electron chi connectivity index (χ4n) is 1.02. The molecule has 0 saturated heterocycles. The summed E-state index contributed by atoms with van der Waals surface area (Å²) >= 11 is 0. The first-order valence-electron chi connectivity index (χ1n) is 3.59. The van der Waals surface area contributed by atoms with Crippen molar-refractivity contribution < 1.29 is 27.3 Å². The SMILES string of the molecule is NC(=O)c1c(F)c(F)c(F)c(F)c1[N+](=O)[O-]. The van der Waals surface area contributed by atoms with E-state index in [1.165, 1.54) is 0 Å². The van der Waals surface area contributed by atoms with Crippen molar-refractivity contribution in [2.75, 3.05) is 0 Å². The molecule has 0 atom stereocenters. The summed E-state index contributed by atoms with van der Waals surface area (Å²) in [7, 11) is 0. The third-order valence-electron chi connectivity index (χ3n) is 1.67. The van der Waals surface area contributed by atoms with Gasteiger partial charge < -0.3 is 5.73 Å². The lowest BCUT2D eigenvalue weighted by Gasteiger charge is -2.03. The highest BCUT2D eigenvalue weighted by Gasteiger charge is 2.35. The minimum absolute atomic E-state index is 1.57. The van der Waals surface area contributed by atoms with Crippen LogP contribution in [-0.2, 0) is 0 Å². The van der Waals surface area contributed by atoms with Gasteiger partial charge in [0, 0.05) is 0 Å². The van der Waals surface area contributed by atoms with Crippen LogP contribution in [0, 0.1) is 33.4 Å². The molecule has 0 aromatic heterocycles. The standard InChI is InChI=1S/C7H2F4N2O3/c8-2-1(7(12)14)6(13(15)16)5(11)4(10)3(2)9/h(H2,12,14). The zero-order valence-corrected chi connectivity index (χ0v) is 7.26. The van der Waals surface area contributed by atoms with Gasteiger partial charge in [0.2, 0.25) is 11.6 Å². The molecule has 0 bridgehead atoms. The number of amides is 1. The van der Waals surface area contributed by atoms with Gasteiger partial charge in [0.25, 0.3) is 5.91 Å². The highest BCUT2D eigenvalue weighted by molar-refractivity contribution is 5.97. The predicted octanol–water partition coefficient (Wildman–Crippen LogP) is 1.25. The van der Waals surface area contributed by atoms with Crippen molar-refractivity contribution in [1.82, 2.24) is 0 Å². The highest BCUT2D eigenvalue weighted by atomic mass is 19.2. The van der Waals surface area contributed by atoms with Crippen LogP contribution < -0.4 is 5.73 Å². The number of benzene rings is 1. The van der Waals surface area contributed by atoms with Gasteiger partial charge in [-0.3, -0.25) is 14.9 Å². The van der Waals surface area contributed by atoms with Gasteiger partial charge in [0.1, 0.15) is 0 Å². The van der Waals surface area contributed by atoms with Crippen LogP contribution in [-0.4, -0.2) is 10.8 Å². The van der Waals surface area contributed by atoms with Crippen LogP contribution in [0.2, 0.25) is 0 Å². The molecule has 0 aliphatic rings. The Balaban J connectivity index is 3.83. The lowest BCUT2D eigenvalue weighted by Crippen LogP contribution is -2.19. The number of hydrogen-bond acceptors (Lipinski definition) is 3. The maximum Gasteiger partial charge on any atom is 0.323 e. The number of rotatable bonds is 2. The third-order valence-corrected chi connectivity index (χ3v) is 1.67. The van der Waals surface area contributed by atoms with Crippen molar-refractivity contribution in [2.24, 2.45) is 5.73 Å². The van der Waals surface area contributed by atoms with E-state index in [2.05, 4.69) is 5.73 Å². The van der Waals surface area contributed by atoms with Crippen molar-refractivity contribution in [3.63, 3.8) is 0 Å². The van der Waals surface area contributed by atoms with Crippen LogP contribution in [0.4, 0.5) is 23.2 Å². The zero-order valence-electron chi connectivity index (χ0n) is 7.26. The molecular weight excluding hydrogens is 236 g/mol. The second-order valence-corrected chi connectivity index (χ2v) is 2.60. The number of carbonyl (C=O) groups is 1. The predicted molar refractivity (Wildman–Crippen MR) is 41.4 cm³/mol. The van der Waals surface area contributed by atoms with Crippen LogP contribution in [0.3, 0.4) is 0 Å². The Kier molecular flexibility index (Phi) is 2.79. The summed E-state index contributed by atoms with van der Waals surface area (Å²) in [6.45, 7) is 0. The highest BCUT2D eigenvalue weighted by Crippen LogP contribution is 2.29. The second kappa shape index (κ2) is 3.76. The van der Waals surface area contributed by atoms with Crippen molar-refractivity contribution in [1.29, 1.82) is 0 Å². The van der Waals surface area contributed by atoms with E-state index in [1.54, 1.807) is 0 Å². The molecule has 9 heteroatoms. The van der Waals surface area contributed by atoms with Crippen molar-refractivity contribution >= 4 is 11.6 Å². The van der Waals surface area contributed by atoms with Crippen molar-refractivity contribution in [3.05, 3.63) is 38.9 Å². The summed E-state index contributed by atoms with van der Waals surface area (Å²) in [6.07, 6.45) is 0. The molecule has 2 N–H and O–H groups in total. The second-order valence-electron chi connectivity index (χ2n) is 2.60. The summed E-state index contributed by atoms with van der Waals surface area (Å²) in [4.78, 5) is 19.3. The van der Waals surface area contributed by atoms with E-state index in [0.29, 0.717) is 0 Å². The maximum absolute atomic E-state index is 12.9. The third kappa shape index (κ3) is 1.55. The van der Waals surface area contributed by atoms with Gasteiger partial charge in [-0.05, 0) is 0 Å². The summed E-state index contributed by atoms with van der Waals surface area (Å²) < 4.78 is 51.1. The molecule has 0 saturated carbocycles. The molecule has 0 spiro atoms. The number of carbonyl (C=O) groups excluding carboxylic acids is 1. The number of nitro groups is 1. The topological polar surface area (TPSA) is 86.2 Å². The van der Waals surface area contributed by atoms with E-state index >= 15 is 0 Å². The van der Waals surface area contributed by atoms with Gasteiger partial charge in [0.15, 0.2) is 17.2 Å². The van der Waals surface area contributed by atoms with Crippen LogP contribution >= 0.6 is 0 Å². The molecule has 1 aromatic carbocycles. The molecule has 0 radical (unpaired) electrons. The lowest BCUT2D eigenvalue weighted by atomic mass is 10.1. The molecule has 16 heavy (non-hydrogen) atoms. The van der Waals surface area contributed by atoms with Crippen LogP contribution in [0.1, 0.15) is 10.4 Å². The monoisotopic (exact) mass is 238 g/mol. The Morgan fingerprint density at radius 3 is 1.88 bits per heavy atom. The van der Waals surface area contributed by atoms with E-state index < -0.39 is 45.4 Å². The molecular formula is C7H2F4N2O3. The first-order chi connectivity index (χ1) is 7.29. The smallest absolute Gasteiger partial charge is 0.323 e. The average Bonchev–Trinajstić information content (AvgIpc) is 2.18. The number of halogens is 4. The largest absolute Gasteiger partial charge is 0.365 e. The molecule has 0 heterocycles. The molecule has 0 fully saturated rings. The van der Waals surface area contributed by atoms with Gasteiger partial charge in [-0.25, -0.2) is 13.2 Å². The maximum atomic E-state index is 12.9. The minimum atomic E-state index is -2.38. The van der Waals surface area contributed by atoms with Gasteiger partial charge in [0.05, 0.1) is 4.92 Å². The molecule has 1 amide bonds. The Hall–Kier alpha value is -2.19. The number of hydrogen-bond donors (Lipinski definition) is 1. The minimum Gasteiger partial charge on any atom is -0.365 e. The molecule has 0 aliphatic carbocycles. The Morgan fingerprint density at radius 1 is 1.06 bits per heavy atom. The first kappa shape index (κ1) is 11.9.